The first-order valence-electron chi connectivity index (χ1n) is 11.6. The average molecular weight is 496 g/mol. The number of benzene rings is 2. The second-order valence-corrected chi connectivity index (χ2v) is 8.72. The SMILES string of the molecule is Cc1ccc2oc(C(=O)OCC(=O)N3N=C(c4cc5ccccc5o4)C[C@H]3c3ccco3)cc(=O)c2c1. The highest BCUT2D eigenvalue weighted by Gasteiger charge is 2.36. The fraction of sp³-hybridized carbons (Fsp3) is 0.143. The molecule has 0 saturated carbocycles. The zero-order valence-corrected chi connectivity index (χ0v) is 19.7. The summed E-state index contributed by atoms with van der Waals surface area (Å²) in [5, 5.41) is 6.99. The Balaban J connectivity index is 1.23. The number of amides is 1. The Morgan fingerprint density at radius 1 is 1.03 bits per heavy atom. The molecule has 0 N–H and O–H groups in total. The van der Waals surface area contributed by atoms with E-state index in [-0.39, 0.29) is 16.8 Å². The van der Waals surface area contributed by atoms with Crippen LogP contribution in [0, 0.1) is 6.92 Å². The Morgan fingerprint density at radius 2 is 1.89 bits per heavy atom. The molecule has 1 atom stereocenters. The van der Waals surface area contributed by atoms with Gasteiger partial charge in [-0.3, -0.25) is 9.59 Å². The van der Waals surface area contributed by atoms with Crippen molar-refractivity contribution >= 4 is 39.5 Å². The minimum atomic E-state index is -0.928. The first-order valence-corrected chi connectivity index (χ1v) is 11.6. The number of ether oxygens (including phenoxy) is 1. The van der Waals surface area contributed by atoms with Gasteiger partial charge in [0.15, 0.2) is 17.8 Å². The molecule has 1 aliphatic heterocycles. The van der Waals surface area contributed by atoms with Gasteiger partial charge in [0.25, 0.3) is 5.91 Å². The predicted octanol–water partition coefficient (Wildman–Crippen LogP) is 4.98. The van der Waals surface area contributed by atoms with Crippen molar-refractivity contribution in [2.45, 2.75) is 19.4 Å². The van der Waals surface area contributed by atoms with E-state index in [0.717, 1.165) is 17.0 Å². The molecular weight excluding hydrogens is 476 g/mol. The zero-order valence-electron chi connectivity index (χ0n) is 19.7. The lowest BCUT2D eigenvalue weighted by molar-refractivity contribution is -0.136. The van der Waals surface area contributed by atoms with Crippen LogP contribution in [0.2, 0.25) is 0 Å². The average Bonchev–Trinajstić information content (AvgIpc) is 3.66. The van der Waals surface area contributed by atoms with Crippen LogP contribution in [-0.2, 0) is 9.53 Å². The van der Waals surface area contributed by atoms with E-state index < -0.39 is 24.5 Å². The maximum Gasteiger partial charge on any atom is 0.374 e. The Hall–Kier alpha value is -4.92. The van der Waals surface area contributed by atoms with Gasteiger partial charge < -0.3 is 18.0 Å². The van der Waals surface area contributed by atoms with Crippen LogP contribution in [0.15, 0.2) is 96.1 Å². The number of esters is 1. The summed E-state index contributed by atoms with van der Waals surface area (Å²) in [5.74, 6) is -0.712. The molecule has 37 heavy (non-hydrogen) atoms. The van der Waals surface area contributed by atoms with Crippen molar-refractivity contribution in [1.29, 1.82) is 0 Å². The molecule has 0 radical (unpaired) electrons. The number of nitrogens with zero attached hydrogens (tertiary/aromatic N) is 2. The van der Waals surface area contributed by atoms with Crippen LogP contribution in [-0.4, -0.2) is 29.2 Å². The highest BCUT2D eigenvalue weighted by molar-refractivity contribution is 6.03. The largest absolute Gasteiger partial charge is 0.467 e. The highest BCUT2D eigenvalue weighted by Crippen LogP contribution is 2.34. The number of carbonyl (C=O) groups excluding carboxylic acids is 2. The smallest absolute Gasteiger partial charge is 0.374 e. The molecule has 0 bridgehead atoms. The number of carbonyl (C=O) groups is 2. The van der Waals surface area contributed by atoms with E-state index >= 15 is 0 Å². The predicted molar refractivity (Wildman–Crippen MR) is 133 cm³/mol. The number of furan rings is 2. The van der Waals surface area contributed by atoms with Crippen LogP contribution in [0.1, 0.15) is 40.1 Å². The lowest BCUT2D eigenvalue weighted by Gasteiger charge is -2.19. The van der Waals surface area contributed by atoms with E-state index in [9.17, 15) is 14.4 Å². The molecule has 184 valence electrons. The summed E-state index contributed by atoms with van der Waals surface area (Å²) in [5.41, 5.74) is 2.04. The molecule has 0 spiro atoms. The van der Waals surface area contributed by atoms with Crippen LogP contribution in [0.3, 0.4) is 0 Å². The van der Waals surface area contributed by atoms with E-state index in [1.54, 1.807) is 30.3 Å². The lowest BCUT2D eigenvalue weighted by Crippen LogP contribution is -2.31. The topological polar surface area (TPSA) is 115 Å². The molecule has 1 amide bonds. The summed E-state index contributed by atoms with van der Waals surface area (Å²) < 4.78 is 22.2. The summed E-state index contributed by atoms with van der Waals surface area (Å²) in [6.07, 6.45) is 1.87. The summed E-state index contributed by atoms with van der Waals surface area (Å²) in [7, 11) is 0. The molecule has 9 nitrogen and oxygen atoms in total. The van der Waals surface area contributed by atoms with Crippen molar-refractivity contribution in [1.82, 2.24) is 5.01 Å². The fourth-order valence-corrected chi connectivity index (χ4v) is 4.35. The van der Waals surface area contributed by atoms with Gasteiger partial charge in [0.2, 0.25) is 5.76 Å². The Labute approximate surface area is 209 Å². The van der Waals surface area contributed by atoms with Crippen LogP contribution >= 0.6 is 0 Å². The molecule has 9 heteroatoms. The van der Waals surface area contributed by atoms with E-state index in [1.165, 1.54) is 11.3 Å². The van der Waals surface area contributed by atoms with Gasteiger partial charge in [-0.15, -0.1) is 0 Å². The normalized spacial score (nSPS) is 15.3. The van der Waals surface area contributed by atoms with E-state index in [2.05, 4.69) is 5.10 Å². The molecule has 2 aromatic carbocycles. The van der Waals surface area contributed by atoms with E-state index in [4.69, 9.17) is 18.0 Å². The molecule has 6 rings (SSSR count). The number of rotatable bonds is 5. The van der Waals surface area contributed by atoms with Crippen molar-refractivity contribution < 1.29 is 27.6 Å². The quantitative estimate of drug-likeness (QED) is 0.315. The summed E-state index contributed by atoms with van der Waals surface area (Å²) in [4.78, 5) is 38.2. The molecule has 3 aromatic heterocycles. The molecule has 1 aliphatic rings. The molecule has 0 fully saturated rings. The first kappa shape index (κ1) is 22.5. The maximum atomic E-state index is 13.1. The minimum Gasteiger partial charge on any atom is -0.467 e. The molecule has 4 heterocycles. The van der Waals surface area contributed by atoms with Gasteiger partial charge in [-0.05, 0) is 43.3 Å². The zero-order chi connectivity index (χ0) is 25.5. The van der Waals surface area contributed by atoms with Gasteiger partial charge in [0.05, 0.1) is 11.6 Å². The second-order valence-electron chi connectivity index (χ2n) is 8.72. The van der Waals surface area contributed by atoms with Gasteiger partial charge >= 0.3 is 5.97 Å². The lowest BCUT2D eigenvalue weighted by atomic mass is 10.1. The Kier molecular flexibility index (Phi) is 5.45. The second kappa shape index (κ2) is 8.94. The van der Waals surface area contributed by atoms with Crippen molar-refractivity contribution in [2.24, 2.45) is 5.10 Å². The maximum absolute atomic E-state index is 13.1. The molecule has 0 unspecified atom stereocenters. The number of hydrazone groups is 1. The third-order valence-corrected chi connectivity index (χ3v) is 6.16. The van der Waals surface area contributed by atoms with Crippen LogP contribution in [0.5, 0.6) is 0 Å². The van der Waals surface area contributed by atoms with Gasteiger partial charge in [0.1, 0.15) is 28.7 Å². The molecular formula is C28H20N2O7. The third-order valence-electron chi connectivity index (χ3n) is 6.16. The van der Waals surface area contributed by atoms with Crippen molar-refractivity contribution in [2.75, 3.05) is 6.61 Å². The third kappa shape index (κ3) is 4.20. The number of para-hydroxylation sites is 1. The van der Waals surface area contributed by atoms with Gasteiger partial charge in [-0.2, -0.15) is 5.10 Å². The molecule has 0 saturated heterocycles. The summed E-state index contributed by atoms with van der Waals surface area (Å²) in [6, 6.07) is 18.5. The first-order chi connectivity index (χ1) is 18.0. The van der Waals surface area contributed by atoms with Crippen LogP contribution in [0.25, 0.3) is 21.9 Å². The van der Waals surface area contributed by atoms with Gasteiger partial charge in [-0.1, -0.05) is 29.8 Å². The van der Waals surface area contributed by atoms with E-state index in [0.29, 0.717) is 34.6 Å². The number of fused-ring (bicyclic) bond motifs is 2. The van der Waals surface area contributed by atoms with Crippen molar-refractivity contribution in [3.8, 4) is 0 Å². The van der Waals surface area contributed by atoms with Crippen LogP contribution in [0.4, 0.5) is 0 Å². The Bertz CT molecular complexity index is 1710. The standard InChI is InChI=1S/C28H20N2O7/c1-16-8-9-23-18(11-16)21(31)14-26(37-23)28(33)35-15-27(32)30-20(24-7-4-10-34-24)13-19(29-30)25-12-17-5-2-3-6-22(17)36-25/h2-12,14,20H,13,15H2,1H3/t20-/m0/s1. The van der Waals surface area contributed by atoms with E-state index in [1.807, 2.05) is 37.3 Å². The number of aryl methyl sites for hydroxylation is 1. The minimum absolute atomic E-state index is 0.258. The van der Waals surface area contributed by atoms with Crippen LogP contribution < -0.4 is 5.43 Å². The van der Waals surface area contributed by atoms with Crippen molar-refractivity contribution in [3.05, 3.63) is 106 Å². The number of hydrogen-bond acceptors (Lipinski definition) is 8. The summed E-state index contributed by atoms with van der Waals surface area (Å²) >= 11 is 0. The monoisotopic (exact) mass is 496 g/mol. The molecule has 5 aromatic rings. The summed E-state index contributed by atoms with van der Waals surface area (Å²) in [6.45, 7) is 1.24. The number of hydrogen-bond donors (Lipinski definition) is 0. The van der Waals surface area contributed by atoms with Crippen molar-refractivity contribution in [3.63, 3.8) is 0 Å². The Morgan fingerprint density at radius 3 is 2.70 bits per heavy atom. The molecule has 0 aliphatic carbocycles. The highest BCUT2D eigenvalue weighted by atomic mass is 16.5. The fourth-order valence-electron chi connectivity index (χ4n) is 4.35. The van der Waals surface area contributed by atoms with Gasteiger partial charge in [0, 0.05) is 17.9 Å². The van der Waals surface area contributed by atoms with Gasteiger partial charge in [-0.25, -0.2) is 9.80 Å².